The fourth-order valence-corrected chi connectivity index (χ4v) is 15.7. The summed E-state index contributed by atoms with van der Waals surface area (Å²) in [4.78, 5) is 35.9. The maximum atomic E-state index is 12.3. The maximum Gasteiger partial charge on any atom is 1.00 e. The van der Waals surface area contributed by atoms with Crippen LogP contribution in [0.4, 0.5) is 0 Å². The number of halogens is 2. The first-order chi connectivity index (χ1) is 51.9. The number of aliphatic carboxylic acids is 1. The predicted octanol–water partition coefficient (Wildman–Crippen LogP) is 13.4. The Kier molecular flexibility index (Phi) is 30.4. The summed E-state index contributed by atoms with van der Waals surface area (Å²) in [6.45, 7) is 13.3. The van der Waals surface area contributed by atoms with Gasteiger partial charge in [-0.1, -0.05) is 78.9 Å². The van der Waals surface area contributed by atoms with E-state index in [0.29, 0.717) is 58.1 Å². The summed E-state index contributed by atoms with van der Waals surface area (Å²) in [6, 6.07) is 47.8. The number of carboxylic acids is 1. The molecule has 0 unspecified atom stereocenters. The SMILES string of the molecule is CCOC(=O)Cc1cc(C)c2c(c1OCc1cc(-c3cccc(CN)c3)c3occc3c1)CCC2.CCOC(=O)Cc1cc(C)c2c(c1OCc1cc(Br)c3occc3c1)CCC2.Cc1cc(CC(=O)O)c(OCc2cc(-c3cccc(CN)c3)c3occc3c2)c2c1CCC2.Cl.NCc1cccc(B(O)O)c1.[Li+].[OH-]. The summed E-state index contributed by atoms with van der Waals surface area (Å²) >= 11 is 3.57. The largest absolute Gasteiger partial charge is 1.00 e. The van der Waals surface area contributed by atoms with Crippen LogP contribution >= 0.6 is 28.3 Å². The van der Waals surface area contributed by atoms with Crippen molar-refractivity contribution in [2.75, 3.05) is 13.2 Å². The molecule has 0 saturated heterocycles. The summed E-state index contributed by atoms with van der Waals surface area (Å²) in [5, 5.41) is 30.0. The van der Waals surface area contributed by atoms with Gasteiger partial charge in [-0.15, -0.1) is 12.4 Å². The van der Waals surface area contributed by atoms with Crippen molar-refractivity contribution in [3.8, 4) is 39.5 Å². The van der Waals surface area contributed by atoms with Crippen molar-refractivity contribution in [3.63, 3.8) is 0 Å². The summed E-state index contributed by atoms with van der Waals surface area (Å²) in [5.41, 5.74) is 44.2. The summed E-state index contributed by atoms with van der Waals surface area (Å²) in [7, 11) is -1.40. The molecular weight excluding hydrogens is 1470 g/mol. The molecule has 22 heteroatoms. The zero-order valence-corrected chi connectivity index (χ0v) is 65.5. The van der Waals surface area contributed by atoms with E-state index < -0.39 is 13.1 Å². The average molecular weight is 1570 g/mol. The second kappa shape index (κ2) is 39.5. The minimum absolute atomic E-state index is 0. The second-order valence-corrected chi connectivity index (χ2v) is 28.2. The molecule has 0 radical (unpaired) electrons. The van der Waals surface area contributed by atoms with Crippen LogP contribution in [0.2, 0.25) is 0 Å². The van der Waals surface area contributed by atoms with E-state index in [4.69, 9.17) is 64.2 Å². The number of nitrogens with two attached hydrogens (primary N) is 3. The number of esters is 2. The van der Waals surface area contributed by atoms with E-state index in [-0.39, 0.29) is 67.9 Å². The van der Waals surface area contributed by atoms with Gasteiger partial charge in [-0.3, -0.25) is 14.4 Å². The van der Waals surface area contributed by atoms with Gasteiger partial charge in [0.05, 0.1) is 55.7 Å². The normalized spacial score (nSPS) is 12.1. The van der Waals surface area contributed by atoms with Gasteiger partial charge >= 0.3 is 43.9 Å². The van der Waals surface area contributed by atoms with E-state index in [9.17, 15) is 19.5 Å². The van der Waals surface area contributed by atoms with E-state index in [1.54, 1.807) is 37.0 Å². The molecule has 3 aromatic heterocycles. The van der Waals surface area contributed by atoms with Gasteiger partial charge in [0.15, 0.2) is 0 Å². The van der Waals surface area contributed by atoms with Gasteiger partial charge in [0.25, 0.3) is 0 Å². The first kappa shape index (κ1) is 84.6. The number of hydrogen-bond acceptors (Lipinski definition) is 17. The topological polar surface area (TPSA) is 306 Å². The average Bonchev–Trinajstić information content (AvgIpc) is 1.73. The molecule has 568 valence electrons. The third kappa shape index (κ3) is 20.2. The molecule has 0 saturated carbocycles. The van der Waals surface area contributed by atoms with Gasteiger partial charge < -0.3 is 74.8 Å². The molecule has 18 nitrogen and oxygen atoms in total. The van der Waals surface area contributed by atoms with E-state index in [2.05, 4.69) is 103 Å². The van der Waals surface area contributed by atoms with Crippen molar-refractivity contribution < 1.29 is 90.8 Å². The molecule has 10 N–H and O–H groups in total. The molecule has 0 bridgehead atoms. The maximum absolute atomic E-state index is 12.3. The number of carboxylic acid groups (broad SMARTS) is 1. The van der Waals surface area contributed by atoms with Gasteiger partial charge in [0.1, 0.15) is 53.8 Å². The smallest absolute Gasteiger partial charge is 0.870 e. The Labute approximate surface area is 668 Å². The standard InChI is InChI=1S/C30H31NO4.C28H27NO4.C23H23BrO4.C7H10BNO2.ClH.Li.H2O/c1-3-33-28(32)16-24-12-19(2)25-8-5-9-26(25)30(24)35-18-21-14-23-10-11-34-29(23)27(15-21)22-7-4-6-20(13-22)17-31;1-17-10-22(14-26(30)31)28(24-7-3-6-23(17)24)33-16-19-12-21-8-9-32-27(21)25(13-19)20-5-2-4-18(11-20)15-29;1-3-26-21(25)12-17-9-14(2)18-5-4-6-19(18)22(17)28-13-15-10-16-7-8-27-23(16)20(24)11-15;9-5-6-2-1-3-7(4-6)8(10)11;;;/h4,6-7,10-15H,3,5,8-9,16-18,31H2,1-2H3;2,4-5,8-13H,3,6-7,14-16,29H2,1H3,(H,30,31);7-11H,3-6,12-13H2,1-2H3;1-4,10-11H,5,9H2;1H;;1H2/q;;;;;+1;/p-1. The number of carbonyl (C=O) groups is 3. The number of furan rings is 3. The Hall–Kier alpha value is -9.40. The Morgan fingerprint density at radius 2 is 0.809 bits per heavy atom. The number of hydrogen-bond donors (Lipinski definition) is 6. The molecule has 3 heterocycles. The number of rotatable bonds is 23. The van der Waals surface area contributed by atoms with Gasteiger partial charge in [-0.2, -0.15) is 0 Å². The van der Waals surface area contributed by atoms with Crippen LogP contribution in [0, 0.1) is 20.8 Å². The van der Waals surface area contributed by atoms with Gasteiger partial charge in [-0.05, 0) is 275 Å². The van der Waals surface area contributed by atoms with Crippen LogP contribution in [-0.4, -0.2) is 58.9 Å². The van der Waals surface area contributed by atoms with Crippen molar-refractivity contribution in [2.45, 2.75) is 151 Å². The zero-order valence-electron chi connectivity index (χ0n) is 63.1. The monoisotopic (exact) mass is 1560 g/mol. The van der Waals surface area contributed by atoms with E-state index in [1.807, 2.05) is 74.5 Å². The van der Waals surface area contributed by atoms with Crippen LogP contribution in [0.3, 0.4) is 0 Å². The first-order valence-corrected chi connectivity index (χ1v) is 37.4. The number of benzene rings is 9. The molecule has 0 fully saturated rings. The number of aryl methyl sites for hydroxylation is 3. The number of fused-ring (bicyclic) bond motifs is 6. The van der Waals surface area contributed by atoms with Crippen molar-refractivity contribution in [1.29, 1.82) is 0 Å². The molecule has 3 aliphatic rings. The fraction of sp³-hybridized carbons (Fsp3) is 0.284. The van der Waals surface area contributed by atoms with Crippen molar-refractivity contribution >= 4 is 91.7 Å². The third-order valence-corrected chi connectivity index (χ3v) is 20.5. The van der Waals surface area contributed by atoms with Gasteiger partial charge in [0, 0.05) is 63.6 Å². The molecule has 12 aromatic rings. The van der Waals surface area contributed by atoms with Crippen LogP contribution in [-0.2, 0) is 121 Å². The summed E-state index contributed by atoms with van der Waals surface area (Å²) in [5.74, 6) is 1.15. The zero-order chi connectivity index (χ0) is 75.3. The predicted molar refractivity (Wildman–Crippen MR) is 431 cm³/mol. The van der Waals surface area contributed by atoms with Crippen molar-refractivity contribution in [3.05, 3.63) is 269 Å². The van der Waals surface area contributed by atoms with E-state index in [0.717, 1.165) is 190 Å². The summed E-state index contributed by atoms with van der Waals surface area (Å²) in [6.07, 6.45) is 14.9. The van der Waals surface area contributed by atoms with E-state index >= 15 is 0 Å². The van der Waals surface area contributed by atoms with Gasteiger partial charge in [0.2, 0.25) is 0 Å². The second-order valence-electron chi connectivity index (χ2n) is 27.4. The molecule has 15 rings (SSSR count). The Morgan fingerprint density at radius 3 is 1.19 bits per heavy atom. The minimum Gasteiger partial charge on any atom is -0.870 e. The van der Waals surface area contributed by atoms with Crippen LogP contribution in [0.5, 0.6) is 17.2 Å². The Bertz CT molecular complexity index is 5230. The minimum atomic E-state index is -1.40. The molecule has 0 amide bonds. The molecule has 9 aromatic carbocycles. The first-order valence-electron chi connectivity index (χ1n) is 36.6. The Balaban J connectivity index is 0.000000176. The quantitative estimate of drug-likeness (QED) is 0.0256. The molecule has 3 aliphatic carbocycles. The molecule has 110 heavy (non-hydrogen) atoms. The van der Waals surface area contributed by atoms with Crippen molar-refractivity contribution in [1.82, 2.24) is 0 Å². The Morgan fingerprint density at radius 1 is 0.455 bits per heavy atom. The molecule has 0 atom stereocenters. The van der Waals surface area contributed by atoms with E-state index in [1.165, 1.54) is 44.5 Å². The third-order valence-electron chi connectivity index (χ3n) is 19.9. The number of carbonyl (C=O) groups excluding carboxylic acids is 2. The molecule has 0 spiro atoms. The summed E-state index contributed by atoms with van der Waals surface area (Å²) < 4.78 is 47.6. The molecular formula is C88H93BBrClLiN3O15. The van der Waals surface area contributed by atoms with Crippen LogP contribution in [0.25, 0.3) is 55.2 Å². The van der Waals surface area contributed by atoms with Gasteiger partial charge in [-0.25, -0.2) is 0 Å². The fourth-order valence-electron chi connectivity index (χ4n) is 15.1. The van der Waals surface area contributed by atoms with Crippen LogP contribution in [0.1, 0.15) is 133 Å². The van der Waals surface area contributed by atoms with Crippen LogP contribution < -0.4 is 55.7 Å². The van der Waals surface area contributed by atoms with Crippen molar-refractivity contribution in [2.24, 2.45) is 17.2 Å². The molecule has 0 aliphatic heterocycles. The number of ether oxygens (including phenoxy) is 5. The van der Waals surface area contributed by atoms with Crippen LogP contribution in [0.15, 0.2) is 182 Å².